The van der Waals surface area contributed by atoms with Gasteiger partial charge in [0.15, 0.2) is 0 Å². The van der Waals surface area contributed by atoms with Gasteiger partial charge in [0, 0.05) is 18.9 Å². The van der Waals surface area contributed by atoms with Crippen LogP contribution in [0.4, 0.5) is 0 Å². The minimum absolute atomic E-state index is 0.139. The van der Waals surface area contributed by atoms with Gasteiger partial charge in [0.05, 0.1) is 16.0 Å². The summed E-state index contributed by atoms with van der Waals surface area (Å²) in [5.74, 6) is -0.209. The maximum atomic E-state index is 12.6. The van der Waals surface area contributed by atoms with Crippen molar-refractivity contribution in [2.24, 2.45) is 11.7 Å². The van der Waals surface area contributed by atoms with E-state index in [1.54, 1.807) is 24.3 Å². The summed E-state index contributed by atoms with van der Waals surface area (Å²) in [7, 11) is -3.72. The van der Waals surface area contributed by atoms with Gasteiger partial charge in [-0.3, -0.25) is 4.79 Å². The highest BCUT2D eigenvalue weighted by Crippen LogP contribution is 2.18. The highest BCUT2D eigenvalue weighted by molar-refractivity contribution is 7.90. The summed E-state index contributed by atoms with van der Waals surface area (Å²) in [6, 6.07) is 8.06. The van der Waals surface area contributed by atoms with Crippen LogP contribution in [0.25, 0.3) is 0 Å². The van der Waals surface area contributed by atoms with Gasteiger partial charge >= 0.3 is 0 Å². The molecule has 0 saturated heterocycles. The molecule has 7 heteroatoms. The Bertz CT molecular complexity index is 854. The van der Waals surface area contributed by atoms with Crippen LogP contribution in [0.1, 0.15) is 36.7 Å². The Kier molecular flexibility index (Phi) is 5.39. The first-order chi connectivity index (χ1) is 11.6. The minimum atomic E-state index is -3.72. The van der Waals surface area contributed by atoms with E-state index in [-0.39, 0.29) is 22.3 Å². The number of nitrogens with zero attached hydrogens (tertiary/aromatic N) is 1. The van der Waals surface area contributed by atoms with Gasteiger partial charge in [0.1, 0.15) is 0 Å². The van der Waals surface area contributed by atoms with Crippen molar-refractivity contribution in [3.8, 4) is 0 Å². The van der Waals surface area contributed by atoms with Crippen LogP contribution in [0, 0.1) is 12.8 Å². The molecule has 0 aliphatic carbocycles. The van der Waals surface area contributed by atoms with Gasteiger partial charge in [-0.25, -0.2) is 12.4 Å². The molecule has 1 atom stereocenters. The van der Waals surface area contributed by atoms with Crippen molar-refractivity contribution >= 4 is 15.9 Å². The Morgan fingerprint density at radius 1 is 1.24 bits per heavy atom. The van der Waals surface area contributed by atoms with E-state index in [9.17, 15) is 13.2 Å². The zero-order valence-corrected chi connectivity index (χ0v) is 15.8. The molecule has 0 aliphatic rings. The van der Waals surface area contributed by atoms with Crippen molar-refractivity contribution in [2.75, 3.05) is 6.54 Å². The first kappa shape index (κ1) is 19.2. The van der Waals surface area contributed by atoms with Gasteiger partial charge in [0.25, 0.3) is 15.9 Å². The number of carbonyl (C=O) groups excluding carboxylic acids is 1. The van der Waals surface area contributed by atoms with Crippen molar-refractivity contribution in [2.45, 2.75) is 38.1 Å². The molecule has 2 aromatic rings. The lowest BCUT2D eigenvalue weighted by molar-refractivity contribution is 0.0883. The number of aromatic nitrogens is 1. The Labute approximate surface area is 149 Å². The number of rotatable bonds is 6. The number of carbonyl (C=O) groups is 1. The van der Waals surface area contributed by atoms with E-state index in [4.69, 9.17) is 5.73 Å². The number of hydrogen-bond donors (Lipinski definition) is 2. The van der Waals surface area contributed by atoms with Gasteiger partial charge in [-0.05, 0) is 38.0 Å². The molecule has 0 bridgehead atoms. The van der Waals surface area contributed by atoms with Crippen molar-refractivity contribution in [1.29, 1.82) is 0 Å². The number of nitrogens with one attached hydrogen (secondary N) is 1. The lowest BCUT2D eigenvalue weighted by Crippen LogP contribution is -2.54. The van der Waals surface area contributed by atoms with E-state index in [1.165, 1.54) is 18.5 Å². The number of hydrogen-bond acceptors (Lipinski definition) is 4. The summed E-state index contributed by atoms with van der Waals surface area (Å²) in [5, 5.41) is 2.90. The Morgan fingerprint density at radius 3 is 2.36 bits per heavy atom. The standard InChI is InChI=1S/C18H25N3O3S/c1-13(2)18(4,12-19)20-17(22)15-9-10-21(11-15)25(23,24)16-7-5-14(3)6-8-16/h5-11,13H,12,19H2,1-4H3,(H,20,22). The Balaban J connectivity index is 2.27. The van der Waals surface area contributed by atoms with Crippen LogP contribution in [0.3, 0.4) is 0 Å². The van der Waals surface area contributed by atoms with Crippen LogP contribution in [0.15, 0.2) is 47.6 Å². The summed E-state index contributed by atoms with van der Waals surface area (Å²) in [5.41, 5.74) is 6.47. The topological polar surface area (TPSA) is 94.2 Å². The second kappa shape index (κ2) is 7.01. The molecule has 1 aromatic carbocycles. The van der Waals surface area contributed by atoms with Gasteiger partial charge < -0.3 is 11.1 Å². The lowest BCUT2D eigenvalue weighted by atomic mass is 9.88. The second-order valence-corrected chi connectivity index (χ2v) is 8.62. The van der Waals surface area contributed by atoms with Crippen molar-refractivity contribution in [3.05, 3.63) is 53.9 Å². The zero-order valence-electron chi connectivity index (χ0n) is 15.0. The molecule has 6 nitrogen and oxygen atoms in total. The molecule has 1 amide bonds. The normalized spacial score (nSPS) is 14.3. The third-order valence-corrected chi connectivity index (χ3v) is 6.27. The van der Waals surface area contributed by atoms with Crippen molar-refractivity contribution < 1.29 is 13.2 Å². The number of aryl methyl sites for hydroxylation is 1. The average molecular weight is 363 g/mol. The summed E-state index contributed by atoms with van der Waals surface area (Å²) >= 11 is 0. The predicted molar refractivity (Wildman–Crippen MR) is 98.0 cm³/mol. The van der Waals surface area contributed by atoms with Gasteiger partial charge in [-0.15, -0.1) is 0 Å². The maximum Gasteiger partial charge on any atom is 0.267 e. The highest BCUT2D eigenvalue weighted by Gasteiger charge is 2.29. The molecule has 136 valence electrons. The van der Waals surface area contributed by atoms with E-state index in [1.807, 2.05) is 27.7 Å². The largest absolute Gasteiger partial charge is 0.345 e. The van der Waals surface area contributed by atoms with E-state index in [0.717, 1.165) is 9.54 Å². The zero-order chi connectivity index (χ0) is 18.8. The molecular formula is C18H25N3O3S. The van der Waals surface area contributed by atoms with Gasteiger partial charge in [-0.1, -0.05) is 31.5 Å². The SMILES string of the molecule is Cc1ccc(S(=O)(=O)n2ccc(C(=O)NC(C)(CN)C(C)C)c2)cc1. The molecule has 1 unspecified atom stereocenters. The van der Waals surface area contributed by atoms with Gasteiger partial charge in [-0.2, -0.15) is 0 Å². The molecule has 0 aliphatic heterocycles. The first-order valence-electron chi connectivity index (χ1n) is 8.13. The summed E-state index contributed by atoms with van der Waals surface area (Å²) in [6.07, 6.45) is 2.70. The molecule has 2 rings (SSSR count). The molecule has 25 heavy (non-hydrogen) atoms. The smallest absolute Gasteiger partial charge is 0.267 e. The summed E-state index contributed by atoms with van der Waals surface area (Å²) in [4.78, 5) is 12.6. The quantitative estimate of drug-likeness (QED) is 0.822. The fraction of sp³-hybridized carbons (Fsp3) is 0.389. The first-order valence-corrected chi connectivity index (χ1v) is 9.57. The summed E-state index contributed by atoms with van der Waals surface area (Å²) in [6.45, 7) is 7.99. The Morgan fingerprint density at radius 2 is 1.84 bits per heavy atom. The molecule has 0 saturated carbocycles. The van der Waals surface area contributed by atoms with E-state index in [2.05, 4.69) is 5.32 Å². The van der Waals surface area contributed by atoms with E-state index < -0.39 is 15.6 Å². The van der Waals surface area contributed by atoms with Crippen molar-refractivity contribution in [1.82, 2.24) is 9.29 Å². The second-order valence-electron chi connectivity index (χ2n) is 6.78. The third-order valence-electron chi connectivity index (χ3n) is 4.62. The maximum absolute atomic E-state index is 12.6. The van der Waals surface area contributed by atoms with Crippen LogP contribution in [-0.4, -0.2) is 30.4 Å². The van der Waals surface area contributed by atoms with Crippen LogP contribution in [0.2, 0.25) is 0 Å². The van der Waals surface area contributed by atoms with Crippen LogP contribution >= 0.6 is 0 Å². The van der Waals surface area contributed by atoms with E-state index in [0.29, 0.717) is 6.54 Å². The number of amides is 1. The third kappa shape index (κ3) is 3.93. The van der Waals surface area contributed by atoms with Crippen molar-refractivity contribution in [3.63, 3.8) is 0 Å². The van der Waals surface area contributed by atoms with Gasteiger partial charge in [0.2, 0.25) is 0 Å². The lowest BCUT2D eigenvalue weighted by Gasteiger charge is -2.33. The van der Waals surface area contributed by atoms with E-state index >= 15 is 0 Å². The minimum Gasteiger partial charge on any atom is -0.345 e. The fourth-order valence-corrected chi connectivity index (χ4v) is 3.45. The highest BCUT2D eigenvalue weighted by atomic mass is 32.2. The molecule has 0 spiro atoms. The molecule has 0 fully saturated rings. The number of nitrogens with two attached hydrogens (primary N) is 1. The average Bonchev–Trinajstić information content (AvgIpc) is 3.06. The monoisotopic (exact) mass is 363 g/mol. The number of benzene rings is 1. The molecular weight excluding hydrogens is 338 g/mol. The van der Waals surface area contributed by atoms with Crippen LogP contribution < -0.4 is 11.1 Å². The molecule has 1 aromatic heterocycles. The van der Waals surface area contributed by atoms with Crippen LogP contribution in [-0.2, 0) is 10.0 Å². The molecule has 1 heterocycles. The molecule has 0 radical (unpaired) electrons. The molecule has 3 N–H and O–H groups in total. The fourth-order valence-electron chi connectivity index (χ4n) is 2.26. The van der Waals surface area contributed by atoms with Crippen LogP contribution in [0.5, 0.6) is 0 Å². The predicted octanol–water partition coefficient (Wildman–Crippen LogP) is 2.14. The Hall–Kier alpha value is -2.12. The summed E-state index contributed by atoms with van der Waals surface area (Å²) < 4.78 is 26.3.